The van der Waals surface area contributed by atoms with Crippen molar-refractivity contribution in [2.24, 2.45) is 5.92 Å². The molecule has 5 nitrogen and oxygen atoms in total. The Hall–Kier alpha value is -2.00. The van der Waals surface area contributed by atoms with Crippen LogP contribution < -0.4 is 18.7 Å². The van der Waals surface area contributed by atoms with Gasteiger partial charge < -0.3 is 0 Å². The summed E-state index contributed by atoms with van der Waals surface area (Å²) in [6.07, 6.45) is 9.56. The first kappa shape index (κ1) is 21.7. The number of ether oxygens (including phenoxy) is 2. The molecule has 1 aliphatic heterocycles. The van der Waals surface area contributed by atoms with Gasteiger partial charge in [0.25, 0.3) is 0 Å². The first-order chi connectivity index (χ1) is 14.2. The zero-order valence-corrected chi connectivity index (χ0v) is 19.6. The molecule has 0 bridgehead atoms. The summed E-state index contributed by atoms with van der Waals surface area (Å²) in [7, 11) is 0. The van der Waals surface area contributed by atoms with Crippen LogP contribution in [-0.2, 0) is 4.79 Å². The standard InChI is InChI=1S/C23H31AsN2O3/c1-2-5-22(27)29-23-20(24)7-3-8-21(23)28-17-4-6-18-11-15-26(16-12-18)19-9-13-25-14-10-19/h3,7-10,13-14,18H,2,4-6,11-12,15-17,24H2,1H3. The molecule has 0 amide bonds. The molecule has 1 saturated heterocycles. The van der Waals surface area contributed by atoms with Crippen molar-refractivity contribution in [3.8, 4) is 11.5 Å². The Labute approximate surface area is 182 Å². The van der Waals surface area contributed by atoms with E-state index in [9.17, 15) is 4.79 Å². The van der Waals surface area contributed by atoms with Gasteiger partial charge in [0.2, 0.25) is 0 Å². The Morgan fingerprint density at radius 3 is 2.69 bits per heavy atom. The van der Waals surface area contributed by atoms with E-state index in [1.807, 2.05) is 37.5 Å². The van der Waals surface area contributed by atoms with Gasteiger partial charge in [0.1, 0.15) is 0 Å². The first-order valence-corrected chi connectivity index (χ1v) is 11.8. The number of benzene rings is 1. The van der Waals surface area contributed by atoms with Gasteiger partial charge in [0.05, 0.1) is 0 Å². The second kappa shape index (κ2) is 11.3. The van der Waals surface area contributed by atoms with Gasteiger partial charge in [-0.15, -0.1) is 0 Å². The normalized spacial score (nSPS) is 14.6. The molecule has 0 saturated carbocycles. The summed E-state index contributed by atoms with van der Waals surface area (Å²) in [5.41, 5.74) is 1.27. The second-order valence-electron chi connectivity index (χ2n) is 7.53. The average molecular weight is 458 g/mol. The van der Waals surface area contributed by atoms with Crippen LogP contribution in [0.1, 0.15) is 45.4 Å². The van der Waals surface area contributed by atoms with E-state index in [-0.39, 0.29) is 5.97 Å². The Kier molecular flexibility index (Phi) is 8.42. The number of nitrogens with zero attached hydrogens (tertiary/aromatic N) is 2. The zero-order chi connectivity index (χ0) is 20.5. The molecule has 1 unspecified atom stereocenters. The molecule has 0 radical (unpaired) electrons. The second-order valence-corrected chi connectivity index (χ2v) is 8.83. The van der Waals surface area contributed by atoms with E-state index in [4.69, 9.17) is 9.47 Å². The molecule has 0 spiro atoms. The summed E-state index contributed by atoms with van der Waals surface area (Å²) in [6, 6.07) is 9.99. The molecular formula is C23H31AsN2O3. The average Bonchev–Trinajstić information content (AvgIpc) is 2.74. The van der Waals surface area contributed by atoms with E-state index < -0.39 is 0 Å². The van der Waals surface area contributed by atoms with Gasteiger partial charge >= 0.3 is 153 Å². The molecule has 1 fully saturated rings. The number of pyridine rings is 1. The van der Waals surface area contributed by atoms with Crippen LogP contribution in [0.2, 0.25) is 0 Å². The number of hydrogen-bond donors (Lipinski definition) is 0. The Bertz CT molecular complexity index is 777. The van der Waals surface area contributed by atoms with Crippen LogP contribution in [0, 0.1) is 5.92 Å². The maximum absolute atomic E-state index is 11.9. The summed E-state index contributed by atoms with van der Waals surface area (Å²) in [5, 5.41) is 0. The zero-order valence-electron chi connectivity index (χ0n) is 17.2. The summed E-state index contributed by atoms with van der Waals surface area (Å²) in [5.74, 6) is 1.84. The monoisotopic (exact) mass is 458 g/mol. The molecule has 0 N–H and O–H groups in total. The molecule has 1 aliphatic rings. The topological polar surface area (TPSA) is 51.7 Å². The van der Waals surface area contributed by atoms with E-state index in [1.165, 1.54) is 41.8 Å². The van der Waals surface area contributed by atoms with E-state index >= 15 is 0 Å². The number of esters is 1. The fourth-order valence-electron chi connectivity index (χ4n) is 3.71. The van der Waals surface area contributed by atoms with Crippen LogP contribution >= 0.6 is 0 Å². The van der Waals surface area contributed by atoms with Crippen LogP contribution in [0.3, 0.4) is 0 Å². The van der Waals surface area contributed by atoms with Gasteiger partial charge in [0.15, 0.2) is 0 Å². The quantitative estimate of drug-likeness (QED) is 0.250. The van der Waals surface area contributed by atoms with Crippen LogP contribution in [0.5, 0.6) is 11.5 Å². The van der Waals surface area contributed by atoms with Crippen molar-refractivity contribution < 1.29 is 14.3 Å². The summed E-state index contributed by atoms with van der Waals surface area (Å²) < 4.78 is 12.5. The number of para-hydroxylation sites is 1. The maximum atomic E-state index is 11.9. The van der Waals surface area contributed by atoms with Crippen molar-refractivity contribution in [2.45, 2.75) is 45.4 Å². The molecule has 3 rings (SSSR count). The van der Waals surface area contributed by atoms with E-state index in [0.29, 0.717) is 24.5 Å². The minimum atomic E-state index is -0.191. The van der Waals surface area contributed by atoms with Gasteiger partial charge in [-0.3, -0.25) is 4.98 Å². The molecule has 6 heteroatoms. The molecule has 2 aromatic rings. The predicted molar refractivity (Wildman–Crippen MR) is 119 cm³/mol. The minimum absolute atomic E-state index is 0.191. The summed E-state index contributed by atoms with van der Waals surface area (Å²) in [6.45, 7) is 4.83. The van der Waals surface area contributed by atoms with Gasteiger partial charge in [-0.25, -0.2) is 0 Å². The number of carbonyl (C=O) groups is 1. The molecule has 2 heterocycles. The summed E-state index contributed by atoms with van der Waals surface area (Å²) in [4.78, 5) is 18.4. The van der Waals surface area contributed by atoms with Crippen molar-refractivity contribution in [2.75, 3.05) is 24.6 Å². The molecule has 29 heavy (non-hydrogen) atoms. The Morgan fingerprint density at radius 1 is 1.21 bits per heavy atom. The number of anilines is 1. The number of aromatic nitrogens is 1. The Morgan fingerprint density at radius 2 is 1.97 bits per heavy atom. The van der Waals surface area contributed by atoms with Crippen LogP contribution in [0.25, 0.3) is 0 Å². The molecule has 1 aromatic carbocycles. The van der Waals surface area contributed by atoms with E-state index in [1.54, 1.807) is 0 Å². The number of carbonyl (C=O) groups excluding carboxylic acids is 1. The van der Waals surface area contributed by atoms with Gasteiger partial charge in [0, 0.05) is 12.4 Å². The van der Waals surface area contributed by atoms with Crippen LogP contribution in [0.4, 0.5) is 5.69 Å². The van der Waals surface area contributed by atoms with Crippen molar-refractivity contribution >= 4 is 32.9 Å². The van der Waals surface area contributed by atoms with Gasteiger partial charge in [-0.2, -0.15) is 0 Å². The Balaban J connectivity index is 1.42. The van der Waals surface area contributed by atoms with E-state index in [2.05, 4.69) is 22.0 Å². The summed E-state index contributed by atoms with van der Waals surface area (Å²) >= 11 is 1.44. The molecule has 0 aliphatic carbocycles. The third kappa shape index (κ3) is 6.50. The number of hydrogen-bond acceptors (Lipinski definition) is 5. The third-order valence-electron chi connectivity index (χ3n) is 5.34. The van der Waals surface area contributed by atoms with Gasteiger partial charge in [-0.1, -0.05) is 0 Å². The van der Waals surface area contributed by atoms with Crippen molar-refractivity contribution in [3.63, 3.8) is 0 Å². The predicted octanol–water partition coefficient (Wildman–Crippen LogP) is 3.12. The molecule has 1 aromatic heterocycles. The van der Waals surface area contributed by atoms with Crippen molar-refractivity contribution in [3.05, 3.63) is 42.7 Å². The fraction of sp³-hybridized carbons (Fsp3) is 0.478. The van der Waals surface area contributed by atoms with Gasteiger partial charge in [-0.05, 0) is 12.1 Å². The molecule has 156 valence electrons. The van der Waals surface area contributed by atoms with Crippen LogP contribution in [0.15, 0.2) is 42.7 Å². The molecular weight excluding hydrogens is 427 g/mol. The third-order valence-corrected chi connectivity index (χ3v) is 6.29. The van der Waals surface area contributed by atoms with E-state index in [0.717, 1.165) is 36.2 Å². The number of piperidine rings is 1. The number of rotatable bonds is 9. The SMILES string of the molecule is CCCC(=O)Oc1c([AsH2])cccc1OCCCC1CCN(c2ccncc2)CC1. The molecule has 1 atom stereocenters. The first-order valence-electron chi connectivity index (χ1n) is 10.5. The van der Waals surface area contributed by atoms with Crippen LogP contribution in [-0.4, -0.2) is 47.5 Å². The van der Waals surface area contributed by atoms with Crippen molar-refractivity contribution in [1.29, 1.82) is 0 Å². The fourth-order valence-corrected chi connectivity index (χ4v) is 4.37. The van der Waals surface area contributed by atoms with Crippen molar-refractivity contribution in [1.82, 2.24) is 4.98 Å².